The standard InChI is InChI=1S/C34H41N3O4S/c1-7-17-35(25-15-10-9-11-16-25)31(39)27-26-19-23(5)34(42-26)28(27)32(40)37(24(6)20-38)30(34)33(41)36(18-8-2)29-21(3)13-12-14-22(29)4/h7-16,23-24,26-28,30,38H,1-2,17-20H2,3-6H3/t23?,24-,26-,27+,28+,30?,34?/m1/s1. The van der Waals surface area contributed by atoms with Crippen LogP contribution in [0.4, 0.5) is 11.4 Å². The van der Waals surface area contributed by atoms with E-state index in [1.807, 2.05) is 62.4 Å². The number of likely N-dealkylation sites (tertiary alicyclic amines) is 1. The Morgan fingerprint density at radius 2 is 1.67 bits per heavy atom. The number of thioether (sulfide) groups is 1. The first-order chi connectivity index (χ1) is 20.1. The van der Waals surface area contributed by atoms with E-state index in [9.17, 15) is 19.5 Å². The highest BCUT2D eigenvalue weighted by atomic mass is 32.2. The molecular weight excluding hydrogens is 546 g/mol. The summed E-state index contributed by atoms with van der Waals surface area (Å²) in [6, 6.07) is 14.0. The number of aryl methyl sites for hydroxylation is 2. The van der Waals surface area contributed by atoms with E-state index in [2.05, 4.69) is 20.1 Å². The molecule has 3 saturated heterocycles. The van der Waals surface area contributed by atoms with Gasteiger partial charge in [0.2, 0.25) is 11.8 Å². The number of hydrogen-bond donors (Lipinski definition) is 1. The van der Waals surface area contributed by atoms with Gasteiger partial charge in [0.25, 0.3) is 5.91 Å². The SMILES string of the molecule is C=CCN(C(=O)[C@@H]1[C@H]2C(=O)N([C@H](C)CO)C(C(=O)N(CC=C)c3c(C)cccc3C)C23S[C@@H]1CC3C)c1ccccc1. The van der Waals surface area contributed by atoms with Gasteiger partial charge < -0.3 is 19.8 Å². The lowest BCUT2D eigenvalue weighted by Gasteiger charge is -2.42. The van der Waals surface area contributed by atoms with Crippen LogP contribution >= 0.6 is 11.8 Å². The molecule has 42 heavy (non-hydrogen) atoms. The molecule has 3 heterocycles. The number of amides is 3. The molecule has 8 heteroatoms. The van der Waals surface area contributed by atoms with Crippen LogP contribution in [0.15, 0.2) is 73.8 Å². The number of hydrogen-bond acceptors (Lipinski definition) is 5. The van der Waals surface area contributed by atoms with Crippen molar-refractivity contribution >= 4 is 40.9 Å². The van der Waals surface area contributed by atoms with Crippen LogP contribution < -0.4 is 9.80 Å². The molecule has 2 aromatic carbocycles. The molecule has 3 amide bonds. The molecule has 3 aliphatic rings. The minimum absolute atomic E-state index is 0.0171. The van der Waals surface area contributed by atoms with Crippen molar-refractivity contribution in [2.24, 2.45) is 17.8 Å². The number of aliphatic hydroxyl groups is 1. The first-order valence-corrected chi connectivity index (χ1v) is 15.6. The van der Waals surface area contributed by atoms with Crippen molar-refractivity contribution < 1.29 is 19.5 Å². The number of fused-ring (bicyclic) bond motifs is 1. The fourth-order valence-electron chi connectivity index (χ4n) is 7.62. The molecule has 1 N–H and O–H groups in total. The van der Waals surface area contributed by atoms with Gasteiger partial charge >= 0.3 is 0 Å². The maximum Gasteiger partial charge on any atom is 0.251 e. The first-order valence-electron chi connectivity index (χ1n) is 14.7. The molecule has 3 unspecified atom stereocenters. The predicted octanol–water partition coefficient (Wildman–Crippen LogP) is 4.76. The van der Waals surface area contributed by atoms with E-state index in [1.54, 1.807) is 45.5 Å². The van der Waals surface area contributed by atoms with Crippen LogP contribution in [0.3, 0.4) is 0 Å². The third-order valence-electron chi connectivity index (χ3n) is 9.37. The summed E-state index contributed by atoms with van der Waals surface area (Å²) < 4.78 is -0.796. The van der Waals surface area contributed by atoms with Gasteiger partial charge in [-0.25, -0.2) is 0 Å². The fourth-order valence-corrected chi connectivity index (χ4v) is 10.0. The number of aliphatic hydroxyl groups excluding tert-OH is 1. The van der Waals surface area contributed by atoms with Gasteiger partial charge in [0, 0.05) is 29.7 Å². The summed E-state index contributed by atoms with van der Waals surface area (Å²) in [7, 11) is 0. The molecule has 0 aromatic heterocycles. The molecule has 0 aliphatic carbocycles. The highest BCUT2D eigenvalue weighted by Gasteiger charge is 2.77. The van der Waals surface area contributed by atoms with E-state index >= 15 is 0 Å². The average Bonchev–Trinajstić information content (AvgIpc) is 3.58. The van der Waals surface area contributed by atoms with E-state index in [0.29, 0.717) is 6.54 Å². The van der Waals surface area contributed by atoms with Gasteiger partial charge in [-0.2, -0.15) is 0 Å². The molecule has 3 aliphatic heterocycles. The topological polar surface area (TPSA) is 81.2 Å². The fraction of sp³-hybridized carbons (Fsp3) is 0.441. The quantitative estimate of drug-likeness (QED) is 0.406. The summed E-state index contributed by atoms with van der Waals surface area (Å²) in [6.07, 6.45) is 4.14. The van der Waals surface area contributed by atoms with Crippen LogP contribution in [0.25, 0.3) is 0 Å². The summed E-state index contributed by atoms with van der Waals surface area (Å²) >= 11 is 1.64. The van der Waals surface area contributed by atoms with E-state index in [1.165, 1.54) is 0 Å². The van der Waals surface area contributed by atoms with E-state index < -0.39 is 28.7 Å². The number of rotatable bonds is 10. The van der Waals surface area contributed by atoms with Crippen LogP contribution in [0.1, 0.15) is 31.4 Å². The average molecular weight is 588 g/mol. The zero-order valence-corrected chi connectivity index (χ0v) is 25.7. The molecule has 7 nitrogen and oxygen atoms in total. The lowest BCUT2D eigenvalue weighted by Crippen LogP contribution is -2.59. The van der Waals surface area contributed by atoms with Gasteiger partial charge in [-0.3, -0.25) is 14.4 Å². The van der Waals surface area contributed by atoms with Crippen LogP contribution in [0.2, 0.25) is 0 Å². The number of para-hydroxylation sites is 2. The van der Waals surface area contributed by atoms with Gasteiger partial charge in [0.05, 0.1) is 29.2 Å². The van der Waals surface area contributed by atoms with Crippen LogP contribution in [-0.2, 0) is 14.4 Å². The minimum atomic E-state index is -0.830. The Morgan fingerprint density at radius 3 is 2.26 bits per heavy atom. The molecule has 1 spiro atoms. The molecule has 5 rings (SSSR count). The van der Waals surface area contributed by atoms with Gasteiger partial charge in [-0.05, 0) is 56.4 Å². The molecule has 2 aromatic rings. The Morgan fingerprint density at radius 1 is 1.05 bits per heavy atom. The number of carbonyl (C=O) groups is 3. The van der Waals surface area contributed by atoms with Gasteiger partial charge in [-0.15, -0.1) is 24.9 Å². The lowest BCUT2D eigenvalue weighted by atomic mass is 9.65. The monoisotopic (exact) mass is 587 g/mol. The number of carbonyl (C=O) groups excluding carboxylic acids is 3. The number of nitrogens with zero attached hydrogens (tertiary/aromatic N) is 3. The Bertz CT molecular complexity index is 1380. The highest BCUT2D eigenvalue weighted by molar-refractivity contribution is 8.02. The summed E-state index contributed by atoms with van der Waals surface area (Å²) in [5.74, 6) is -1.77. The molecule has 7 atom stereocenters. The Kier molecular flexibility index (Phi) is 8.41. The maximum absolute atomic E-state index is 14.9. The van der Waals surface area contributed by atoms with Crippen LogP contribution in [0.5, 0.6) is 0 Å². The normalized spacial score (nSPS) is 28.4. The second-order valence-corrected chi connectivity index (χ2v) is 13.4. The van der Waals surface area contributed by atoms with Gasteiger partial charge in [-0.1, -0.05) is 55.5 Å². The first kappa shape index (κ1) is 30.1. The summed E-state index contributed by atoms with van der Waals surface area (Å²) in [6.45, 7) is 16.0. The third-order valence-corrected chi connectivity index (χ3v) is 11.5. The zero-order valence-electron chi connectivity index (χ0n) is 24.9. The number of benzene rings is 2. The Balaban J connectivity index is 1.63. The number of anilines is 2. The zero-order chi connectivity index (χ0) is 30.3. The lowest BCUT2D eigenvalue weighted by molar-refractivity contribution is -0.141. The van der Waals surface area contributed by atoms with Crippen molar-refractivity contribution in [2.45, 2.75) is 56.2 Å². The minimum Gasteiger partial charge on any atom is -0.394 e. The molecule has 0 saturated carbocycles. The van der Waals surface area contributed by atoms with Crippen LogP contribution in [0, 0.1) is 31.6 Å². The third kappa shape index (κ3) is 4.51. The Hall–Kier alpha value is -3.36. The highest BCUT2D eigenvalue weighted by Crippen LogP contribution is 2.69. The second-order valence-electron chi connectivity index (χ2n) is 11.9. The molecule has 0 radical (unpaired) electrons. The van der Waals surface area contributed by atoms with Crippen molar-refractivity contribution in [3.63, 3.8) is 0 Å². The maximum atomic E-state index is 14.9. The van der Waals surface area contributed by atoms with Crippen LogP contribution in [-0.4, -0.2) is 69.5 Å². The largest absolute Gasteiger partial charge is 0.394 e. The van der Waals surface area contributed by atoms with Crippen molar-refractivity contribution in [3.05, 3.63) is 85.0 Å². The van der Waals surface area contributed by atoms with Crippen molar-refractivity contribution in [3.8, 4) is 0 Å². The van der Waals surface area contributed by atoms with Gasteiger partial charge in [0.1, 0.15) is 6.04 Å². The molecule has 222 valence electrons. The van der Waals surface area contributed by atoms with Gasteiger partial charge in [0.15, 0.2) is 0 Å². The second kappa shape index (κ2) is 11.7. The van der Waals surface area contributed by atoms with Crippen molar-refractivity contribution in [2.75, 3.05) is 29.5 Å². The molecular formula is C34H41N3O4S. The summed E-state index contributed by atoms with van der Waals surface area (Å²) in [5.41, 5.74) is 3.48. The van der Waals surface area contributed by atoms with E-state index in [4.69, 9.17) is 0 Å². The Labute approximate surface area is 253 Å². The summed E-state index contributed by atoms with van der Waals surface area (Å²) in [4.78, 5) is 48.9. The molecule has 3 fully saturated rings. The molecule has 2 bridgehead atoms. The van der Waals surface area contributed by atoms with Crippen molar-refractivity contribution in [1.82, 2.24) is 4.90 Å². The van der Waals surface area contributed by atoms with E-state index in [0.717, 1.165) is 28.9 Å². The smallest absolute Gasteiger partial charge is 0.251 e. The summed E-state index contributed by atoms with van der Waals surface area (Å²) in [5, 5.41) is 10.2. The van der Waals surface area contributed by atoms with E-state index in [-0.39, 0.29) is 42.0 Å². The van der Waals surface area contributed by atoms with Crippen molar-refractivity contribution in [1.29, 1.82) is 0 Å². The predicted molar refractivity (Wildman–Crippen MR) is 170 cm³/mol.